The summed E-state index contributed by atoms with van der Waals surface area (Å²) in [6.45, 7) is 2.64. The summed E-state index contributed by atoms with van der Waals surface area (Å²) in [6.07, 6.45) is 0. The molecular weight excluding hydrogens is 873 g/mol. The molecule has 0 atom stereocenters. The first-order chi connectivity index (χ1) is 22.4. The maximum Gasteiger partial charge on any atom is 0.318 e. The Morgan fingerprint density at radius 1 is 0.625 bits per heavy atom. The molecule has 48 heavy (non-hydrogen) atoms. The highest BCUT2D eigenvalue weighted by Gasteiger charge is 2.50. The van der Waals surface area contributed by atoms with E-state index in [1.165, 1.54) is 22.7 Å². The van der Waals surface area contributed by atoms with Crippen molar-refractivity contribution in [3.8, 4) is 0 Å². The number of thiocarbonyl (C=S) groups is 4. The highest BCUT2D eigenvalue weighted by molar-refractivity contribution is 8.26. The molecule has 4 aliphatic heterocycles. The van der Waals surface area contributed by atoms with Crippen LogP contribution in [0.15, 0.2) is 39.2 Å². The summed E-state index contributed by atoms with van der Waals surface area (Å²) in [5.74, 6) is 9.17. The zero-order valence-electron chi connectivity index (χ0n) is 23.1. The van der Waals surface area contributed by atoms with Crippen molar-refractivity contribution in [2.45, 2.75) is 33.4 Å². The lowest BCUT2D eigenvalue weighted by Gasteiger charge is -2.24. The van der Waals surface area contributed by atoms with Crippen LogP contribution in [0.1, 0.15) is 34.6 Å². The SMILES string of the molecule is CC(=O)c1c2c(c(C(C)=O)c3c1SC(=C1C(=S)N(S(N)(=O)=O)N(S(N)(=O)=O)C1=S)S3)SC(=C1C(=S)N(SOON)N(SOON)C1=S)S2. The van der Waals surface area contributed by atoms with E-state index >= 15 is 0 Å². The van der Waals surface area contributed by atoms with Crippen LogP contribution in [0.5, 0.6) is 0 Å². The number of thioether (sulfide) groups is 4. The largest absolute Gasteiger partial charge is 0.318 e. The molecular formula is C18H14N8O10S12. The molecule has 4 aliphatic rings. The minimum atomic E-state index is -4.81. The van der Waals surface area contributed by atoms with Crippen LogP contribution in [0.25, 0.3) is 0 Å². The lowest BCUT2D eigenvalue weighted by Crippen LogP contribution is -2.52. The lowest BCUT2D eigenvalue weighted by molar-refractivity contribution is -0.201. The van der Waals surface area contributed by atoms with Gasteiger partial charge < -0.3 is 0 Å². The number of rotatable bonds is 10. The Balaban J connectivity index is 1.66. The topological polar surface area (TPSA) is 256 Å². The van der Waals surface area contributed by atoms with Gasteiger partial charge in [0, 0.05) is 30.7 Å². The first kappa shape index (κ1) is 38.5. The maximum atomic E-state index is 13.3. The van der Waals surface area contributed by atoms with E-state index in [2.05, 4.69) is 9.98 Å². The van der Waals surface area contributed by atoms with E-state index in [0.717, 1.165) is 47.0 Å². The lowest BCUT2D eigenvalue weighted by atomic mass is 10.1. The molecule has 0 aliphatic carbocycles. The Kier molecular flexibility index (Phi) is 11.5. The van der Waals surface area contributed by atoms with E-state index < -0.39 is 42.0 Å². The average Bonchev–Trinajstić information content (AvgIpc) is 3.69. The predicted octanol–water partition coefficient (Wildman–Crippen LogP) is 2.46. The molecule has 30 heteroatoms. The third kappa shape index (κ3) is 6.68. The Bertz CT molecular complexity index is 1900. The summed E-state index contributed by atoms with van der Waals surface area (Å²) in [4.78, 5) is 35.4. The van der Waals surface area contributed by atoms with Gasteiger partial charge in [-0.15, -0.1) is 27.5 Å². The van der Waals surface area contributed by atoms with Crippen LogP contribution in [-0.2, 0) is 39.1 Å². The van der Waals surface area contributed by atoms with Gasteiger partial charge in [0.05, 0.1) is 19.6 Å². The van der Waals surface area contributed by atoms with Crippen molar-refractivity contribution in [2.24, 2.45) is 22.1 Å². The first-order valence-electron chi connectivity index (χ1n) is 11.7. The molecule has 0 radical (unpaired) electrons. The minimum Gasteiger partial charge on any atom is -0.294 e. The van der Waals surface area contributed by atoms with Crippen LogP contribution >= 0.6 is 120 Å². The van der Waals surface area contributed by atoms with E-state index in [-0.39, 0.29) is 39.7 Å². The fourth-order valence-corrected chi connectivity index (χ4v) is 15.8. The van der Waals surface area contributed by atoms with Crippen molar-refractivity contribution in [1.82, 2.24) is 17.7 Å². The molecule has 2 fully saturated rings. The summed E-state index contributed by atoms with van der Waals surface area (Å²) in [7, 11) is -9.63. The zero-order chi connectivity index (χ0) is 35.6. The van der Waals surface area contributed by atoms with E-state index in [0.29, 0.717) is 53.8 Å². The van der Waals surface area contributed by atoms with Crippen LogP contribution in [0, 0.1) is 0 Å². The number of nitrogens with zero attached hydrogens (tertiary/aromatic N) is 4. The van der Waals surface area contributed by atoms with E-state index in [1.807, 2.05) is 0 Å². The van der Waals surface area contributed by atoms with Gasteiger partial charge in [0.15, 0.2) is 46.0 Å². The predicted molar refractivity (Wildman–Crippen MR) is 196 cm³/mol. The zero-order valence-corrected chi connectivity index (χ0v) is 32.9. The molecule has 1 aromatic rings. The molecule has 18 nitrogen and oxygen atoms in total. The van der Waals surface area contributed by atoms with Gasteiger partial charge in [-0.25, -0.2) is 10.3 Å². The third-order valence-electron chi connectivity index (χ3n) is 5.86. The number of carbonyl (C=O) groups is 2. The summed E-state index contributed by atoms with van der Waals surface area (Å²) in [5, 5.41) is 10.5. The monoisotopic (exact) mass is 886 g/mol. The molecule has 258 valence electrons. The van der Waals surface area contributed by atoms with Gasteiger partial charge in [-0.3, -0.25) is 9.59 Å². The van der Waals surface area contributed by atoms with Crippen molar-refractivity contribution in [3.05, 3.63) is 30.7 Å². The number of fused-ring (bicyclic) bond motifs is 2. The first-order valence-corrected chi connectivity index (χ1v) is 21.0. The van der Waals surface area contributed by atoms with Crippen LogP contribution in [-0.4, -0.2) is 66.0 Å². The van der Waals surface area contributed by atoms with Gasteiger partial charge in [0.25, 0.3) is 0 Å². The standard InChI is InChI=1S/C18H14N8O10S12/c1-3(27)5-9-10(42-17(41-9)7-13(37)23(45-35-33-19)24(14(7)38)46-36-34-20)6(4(2)28)12-11(5)43-18(44-12)8-15(39)25(47(21,29)30)26(16(8)40)48(22,31)32/h19-20H2,1-2H3,(H2,21,29,30)(H2,22,31,32). The second-order valence-electron chi connectivity index (χ2n) is 8.73. The summed E-state index contributed by atoms with van der Waals surface area (Å²) < 4.78 is 62.3. The van der Waals surface area contributed by atoms with Gasteiger partial charge in [-0.2, -0.15) is 37.5 Å². The normalized spacial score (nSPS) is 18.3. The average molecular weight is 887 g/mol. The van der Waals surface area contributed by atoms with Crippen LogP contribution in [0.2, 0.25) is 0 Å². The van der Waals surface area contributed by atoms with Crippen LogP contribution < -0.4 is 22.1 Å². The van der Waals surface area contributed by atoms with E-state index in [9.17, 15) is 26.4 Å². The number of benzene rings is 1. The quantitative estimate of drug-likeness (QED) is 0.0501. The van der Waals surface area contributed by atoms with Crippen molar-refractivity contribution >= 4 is 172 Å². The van der Waals surface area contributed by atoms with Gasteiger partial charge in [-0.05, 0) is 13.8 Å². The summed E-state index contributed by atoms with van der Waals surface area (Å²) in [6, 6.07) is 0. The minimum absolute atomic E-state index is 0.0975. The Morgan fingerprint density at radius 3 is 1.17 bits per heavy atom. The van der Waals surface area contributed by atoms with Crippen molar-refractivity contribution in [2.75, 3.05) is 0 Å². The third-order valence-corrected chi connectivity index (χ3v) is 16.2. The Morgan fingerprint density at radius 2 is 0.917 bits per heavy atom. The molecule has 5 rings (SSSR count). The highest BCUT2D eigenvalue weighted by atomic mass is 32.2. The number of ketones is 2. The van der Waals surface area contributed by atoms with Gasteiger partial charge >= 0.3 is 20.4 Å². The second kappa shape index (κ2) is 14.4. The molecule has 0 saturated carbocycles. The molecule has 8 N–H and O–H groups in total. The number of carbonyl (C=O) groups excluding carboxylic acids is 2. The Labute approximate surface area is 318 Å². The van der Waals surface area contributed by atoms with E-state index in [1.54, 1.807) is 0 Å². The second-order valence-corrected chi connectivity index (χ2v) is 18.9. The number of Topliss-reactive ketones (excluding diaryl/α,β-unsaturated/α-hetero) is 2. The number of nitrogens with two attached hydrogens (primary N) is 4. The smallest absolute Gasteiger partial charge is 0.294 e. The molecule has 1 aromatic carbocycles. The highest BCUT2D eigenvalue weighted by Crippen LogP contribution is 2.64. The van der Waals surface area contributed by atoms with Gasteiger partial charge in [-0.1, -0.05) is 95.9 Å². The number of hydrogen-bond acceptors (Lipinski definition) is 22. The van der Waals surface area contributed by atoms with Crippen LogP contribution in [0.4, 0.5) is 0 Å². The fraction of sp³-hybridized carbons (Fsp3) is 0.111. The molecule has 4 heterocycles. The van der Waals surface area contributed by atoms with Gasteiger partial charge in [0.1, 0.15) is 9.98 Å². The fourth-order valence-electron chi connectivity index (χ4n) is 4.21. The van der Waals surface area contributed by atoms with Crippen molar-refractivity contribution in [1.29, 1.82) is 0 Å². The van der Waals surface area contributed by atoms with Crippen LogP contribution in [0.3, 0.4) is 0 Å². The summed E-state index contributed by atoms with van der Waals surface area (Å²) in [5.41, 5.74) is 0.567. The van der Waals surface area contributed by atoms with E-state index in [4.69, 9.17) is 79.6 Å². The number of hydrogen-bond donors (Lipinski definition) is 4. The molecule has 0 amide bonds. The molecule has 0 spiro atoms. The Hall–Kier alpha value is -0.720. The molecule has 2 saturated heterocycles. The number of hydrazine groups is 2. The van der Waals surface area contributed by atoms with Crippen molar-refractivity contribution in [3.63, 3.8) is 0 Å². The van der Waals surface area contributed by atoms with Crippen molar-refractivity contribution < 1.29 is 45.1 Å². The van der Waals surface area contributed by atoms with Gasteiger partial charge in [0.2, 0.25) is 0 Å². The molecule has 0 aromatic heterocycles. The summed E-state index contributed by atoms with van der Waals surface area (Å²) >= 11 is 27.1. The maximum absolute atomic E-state index is 13.3. The molecule has 0 bridgehead atoms. The molecule has 0 unspecified atom stereocenters.